The summed E-state index contributed by atoms with van der Waals surface area (Å²) in [5, 5.41) is 9.37. The molecule has 2 aliphatic rings. The average molecular weight is 267 g/mol. The highest BCUT2D eigenvalue weighted by Crippen LogP contribution is 2.39. The summed E-state index contributed by atoms with van der Waals surface area (Å²) in [7, 11) is 0. The number of hydrogen-bond acceptors (Lipinski definition) is 5. The van der Waals surface area contributed by atoms with E-state index < -0.39 is 11.8 Å². The number of carbonyl (C=O) groups is 2. The molecule has 1 fully saturated rings. The van der Waals surface area contributed by atoms with Crippen molar-refractivity contribution in [1.82, 2.24) is 0 Å². The van der Waals surface area contributed by atoms with Crippen LogP contribution in [-0.2, 0) is 14.3 Å². The van der Waals surface area contributed by atoms with Gasteiger partial charge in [-0.1, -0.05) is 13.3 Å². The summed E-state index contributed by atoms with van der Waals surface area (Å²) in [6, 6.07) is -0.248. The summed E-state index contributed by atoms with van der Waals surface area (Å²) >= 11 is 0. The van der Waals surface area contributed by atoms with Crippen LogP contribution in [0.5, 0.6) is 0 Å². The molecule has 0 aromatic carbocycles. The third kappa shape index (κ3) is 2.71. The number of unbranched alkanes of at least 4 members (excludes halogenated alkanes) is 1. The van der Waals surface area contributed by atoms with Crippen LogP contribution in [0.15, 0.2) is 4.99 Å². The summed E-state index contributed by atoms with van der Waals surface area (Å²) in [4.78, 5) is 27.0. The Balaban J connectivity index is 2.14. The van der Waals surface area contributed by atoms with Gasteiger partial charge in [-0.3, -0.25) is 0 Å². The van der Waals surface area contributed by atoms with Crippen molar-refractivity contribution in [2.24, 2.45) is 22.7 Å². The molecule has 0 radical (unpaired) electrons. The average Bonchev–Trinajstić information content (AvgIpc) is 2.85. The fourth-order valence-corrected chi connectivity index (χ4v) is 3.06. The lowest BCUT2D eigenvalue weighted by Gasteiger charge is -2.37. The van der Waals surface area contributed by atoms with Crippen LogP contribution in [0.2, 0.25) is 0 Å². The van der Waals surface area contributed by atoms with Crippen molar-refractivity contribution in [1.29, 1.82) is 0 Å². The first kappa shape index (κ1) is 14.2. The lowest BCUT2D eigenvalue weighted by Crippen LogP contribution is -2.47. The molecule has 0 bridgehead atoms. The normalized spacial score (nSPS) is 37.2. The molecule has 0 aromatic heterocycles. The van der Waals surface area contributed by atoms with Gasteiger partial charge in [0.15, 0.2) is 5.90 Å². The van der Waals surface area contributed by atoms with E-state index in [9.17, 15) is 14.7 Å². The van der Waals surface area contributed by atoms with Crippen molar-refractivity contribution in [2.75, 3.05) is 6.61 Å². The second-order valence-corrected chi connectivity index (χ2v) is 5.38. The van der Waals surface area contributed by atoms with Crippen molar-refractivity contribution >= 4 is 18.5 Å². The second kappa shape index (κ2) is 6.28. The lowest BCUT2D eigenvalue weighted by atomic mass is 9.70. The zero-order valence-electron chi connectivity index (χ0n) is 11.2. The van der Waals surface area contributed by atoms with E-state index in [1.165, 1.54) is 0 Å². The number of rotatable bonds is 6. The minimum atomic E-state index is -0.465. The number of hydrogen-bond donors (Lipinski definition) is 1. The van der Waals surface area contributed by atoms with Crippen molar-refractivity contribution in [2.45, 2.75) is 44.8 Å². The number of ether oxygens (including phenoxy) is 1. The SMILES string of the molecule is CCCCC1=N[C@@H]2[C@H](C=O)[C@H](C=O)[C@H](CO)C[C@@H]2O1. The molecule has 106 valence electrons. The fraction of sp³-hybridized carbons (Fsp3) is 0.786. The maximum Gasteiger partial charge on any atom is 0.184 e. The predicted molar refractivity (Wildman–Crippen MR) is 69.9 cm³/mol. The van der Waals surface area contributed by atoms with Gasteiger partial charge in [-0.15, -0.1) is 0 Å². The number of aldehydes is 2. The summed E-state index contributed by atoms with van der Waals surface area (Å²) in [5.41, 5.74) is 0. The Morgan fingerprint density at radius 1 is 1.37 bits per heavy atom. The van der Waals surface area contributed by atoms with Crippen LogP contribution in [-0.4, -0.2) is 42.3 Å². The van der Waals surface area contributed by atoms with Gasteiger partial charge in [-0.05, 0) is 18.8 Å². The van der Waals surface area contributed by atoms with Gasteiger partial charge in [-0.25, -0.2) is 4.99 Å². The Morgan fingerprint density at radius 2 is 2.11 bits per heavy atom. The molecule has 5 heteroatoms. The second-order valence-electron chi connectivity index (χ2n) is 5.38. The number of aliphatic hydroxyl groups excluding tert-OH is 1. The zero-order chi connectivity index (χ0) is 13.8. The zero-order valence-corrected chi connectivity index (χ0v) is 11.2. The monoisotopic (exact) mass is 267 g/mol. The molecule has 19 heavy (non-hydrogen) atoms. The van der Waals surface area contributed by atoms with E-state index >= 15 is 0 Å². The van der Waals surface area contributed by atoms with Crippen molar-refractivity contribution in [3.63, 3.8) is 0 Å². The van der Waals surface area contributed by atoms with E-state index in [1.807, 2.05) is 0 Å². The molecule has 1 N–H and O–H groups in total. The quantitative estimate of drug-likeness (QED) is 0.728. The molecule has 0 aromatic rings. The highest BCUT2D eigenvalue weighted by molar-refractivity contribution is 5.79. The Morgan fingerprint density at radius 3 is 2.68 bits per heavy atom. The lowest BCUT2D eigenvalue weighted by molar-refractivity contribution is -0.126. The maximum atomic E-state index is 11.3. The van der Waals surface area contributed by atoms with E-state index in [0.29, 0.717) is 12.3 Å². The fourth-order valence-electron chi connectivity index (χ4n) is 3.06. The first-order valence-electron chi connectivity index (χ1n) is 6.99. The molecule has 1 saturated carbocycles. The summed E-state index contributed by atoms with van der Waals surface area (Å²) in [5.74, 6) is -0.407. The molecular formula is C14H21NO4. The number of nitrogens with zero attached hydrogens (tertiary/aromatic N) is 1. The minimum absolute atomic E-state index is 0.0926. The van der Waals surface area contributed by atoms with Crippen LogP contribution in [0.25, 0.3) is 0 Å². The Labute approximate surface area is 113 Å². The molecule has 0 unspecified atom stereocenters. The summed E-state index contributed by atoms with van der Waals surface area (Å²) in [6.07, 6.45) is 4.87. The predicted octanol–water partition coefficient (Wildman–Crippen LogP) is 0.985. The van der Waals surface area contributed by atoms with Crippen LogP contribution in [0.3, 0.4) is 0 Å². The van der Waals surface area contributed by atoms with E-state index in [-0.39, 0.29) is 24.7 Å². The minimum Gasteiger partial charge on any atom is -0.475 e. The molecule has 1 aliphatic carbocycles. The molecule has 1 aliphatic heterocycles. The molecule has 2 rings (SSSR count). The maximum absolute atomic E-state index is 11.3. The van der Waals surface area contributed by atoms with E-state index in [0.717, 1.165) is 31.8 Å². The van der Waals surface area contributed by atoms with Crippen LogP contribution in [0, 0.1) is 17.8 Å². The highest BCUT2D eigenvalue weighted by Gasteiger charge is 2.48. The van der Waals surface area contributed by atoms with Crippen LogP contribution < -0.4 is 0 Å². The third-order valence-corrected chi connectivity index (χ3v) is 4.17. The largest absolute Gasteiger partial charge is 0.475 e. The third-order valence-electron chi connectivity index (χ3n) is 4.17. The van der Waals surface area contributed by atoms with Crippen LogP contribution >= 0.6 is 0 Å². The van der Waals surface area contributed by atoms with Crippen molar-refractivity contribution < 1.29 is 19.4 Å². The van der Waals surface area contributed by atoms with Crippen LogP contribution in [0.1, 0.15) is 32.6 Å². The molecule has 0 spiro atoms. The van der Waals surface area contributed by atoms with Crippen molar-refractivity contribution in [3.05, 3.63) is 0 Å². The number of aliphatic hydroxyl groups is 1. The van der Waals surface area contributed by atoms with Gasteiger partial charge in [0.05, 0.1) is 5.92 Å². The molecular weight excluding hydrogens is 246 g/mol. The molecule has 1 heterocycles. The smallest absolute Gasteiger partial charge is 0.184 e. The summed E-state index contributed by atoms with van der Waals surface area (Å²) in [6.45, 7) is 2.01. The van der Waals surface area contributed by atoms with Gasteiger partial charge >= 0.3 is 0 Å². The number of aliphatic imine (C=N–C) groups is 1. The Kier molecular flexibility index (Phi) is 4.69. The van der Waals surface area contributed by atoms with Crippen molar-refractivity contribution in [3.8, 4) is 0 Å². The molecule has 5 atom stereocenters. The van der Waals surface area contributed by atoms with Crippen LogP contribution in [0.4, 0.5) is 0 Å². The highest BCUT2D eigenvalue weighted by atomic mass is 16.5. The van der Waals surface area contributed by atoms with Gasteiger partial charge in [0.1, 0.15) is 24.7 Å². The summed E-state index contributed by atoms with van der Waals surface area (Å²) < 4.78 is 5.79. The van der Waals surface area contributed by atoms with Gasteiger partial charge in [0, 0.05) is 18.9 Å². The van der Waals surface area contributed by atoms with Gasteiger partial charge < -0.3 is 19.4 Å². The standard InChI is InChI=1S/C14H21NO4/c1-2-3-4-13-15-14-11(8-18)10(7-17)9(6-16)5-12(14)19-13/h7-12,14,16H,2-6H2,1H3/t9-,10+,11+,12-,14+/m0/s1. The van der Waals surface area contributed by atoms with Gasteiger partial charge in [-0.2, -0.15) is 0 Å². The Bertz CT molecular complexity index is 368. The van der Waals surface area contributed by atoms with E-state index in [4.69, 9.17) is 4.74 Å². The molecule has 0 amide bonds. The van der Waals surface area contributed by atoms with E-state index in [2.05, 4.69) is 11.9 Å². The molecule has 5 nitrogen and oxygen atoms in total. The Hall–Kier alpha value is -1.23. The first-order valence-corrected chi connectivity index (χ1v) is 6.99. The van der Waals surface area contributed by atoms with Gasteiger partial charge in [0.2, 0.25) is 0 Å². The van der Waals surface area contributed by atoms with Gasteiger partial charge in [0.25, 0.3) is 0 Å². The topological polar surface area (TPSA) is 76.0 Å². The number of fused-ring (bicyclic) bond motifs is 1. The number of carbonyl (C=O) groups excluding carboxylic acids is 2. The molecule has 0 saturated heterocycles. The van der Waals surface area contributed by atoms with E-state index in [1.54, 1.807) is 0 Å². The first-order chi connectivity index (χ1) is 9.24.